The van der Waals surface area contributed by atoms with E-state index in [1.165, 1.54) is 5.56 Å². The molecule has 1 heterocycles. The number of benzene rings is 2. The van der Waals surface area contributed by atoms with Crippen LogP contribution in [0, 0.1) is 0 Å². The van der Waals surface area contributed by atoms with Gasteiger partial charge in [0.2, 0.25) is 0 Å². The maximum Gasteiger partial charge on any atom is 0.255 e. The number of anilines is 1. The minimum Gasteiger partial charge on any atom is -0.495 e. The molecular weight excluding hydrogens is 330 g/mol. The molecule has 2 N–H and O–H groups in total. The Labute approximate surface area is 152 Å². The second-order valence-electron chi connectivity index (χ2n) is 5.84. The van der Waals surface area contributed by atoms with E-state index in [2.05, 4.69) is 12.2 Å². The first-order chi connectivity index (χ1) is 12.6. The lowest BCUT2D eigenvalue weighted by Crippen LogP contribution is -2.12. The van der Waals surface area contributed by atoms with Crippen LogP contribution in [0.25, 0.3) is 11.3 Å². The van der Waals surface area contributed by atoms with Gasteiger partial charge in [0, 0.05) is 11.1 Å². The van der Waals surface area contributed by atoms with Crippen molar-refractivity contribution < 1.29 is 19.1 Å². The number of amides is 1. The molecule has 26 heavy (non-hydrogen) atoms. The number of ether oxygens (including phenoxy) is 1. The van der Waals surface area contributed by atoms with Gasteiger partial charge in [-0.15, -0.1) is 0 Å². The number of nitrogens with one attached hydrogen (secondary N) is 1. The second-order valence-corrected chi connectivity index (χ2v) is 5.84. The lowest BCUT2D eigenvalue weighted by molar-refractivity contribution is 0.102. The van der Waals surface area contributed by atoms with Gasteiger partial charge < -0.3 is 19.6 Å². The molecular formula is C21H21NO4. The summed E-state index contributed by atoms with van der Waals surface area (Å²) in [4.78, 5) is 12.6. The topological polar surface area (TPSA) is 71.7 Å². The molecule has 5 nitrogen and oxygen atoms in total. The fourth-order valence-electron chi connectivity index (χ4n) is 2.66. The summed E-state index contributed by atoms with van der Waals surface area (Å²) in [6.07, 6.45) is 0.927. The summed E-state index contributed by atoms with van der Waals surface area (Å²) in [5.74, 6) is 1.44. The van der Waals surface area contributed by atoms with E-state index < -0.39 is 0 Å². The van der Waals surface area contributed by atoms with Crippen molar-refractivity contribution in [2.24, 2.45) is 0 Å². The van der Waals surface area contributed by atoms with E-state index >= 15 is 0 Å². The third-order valence-corrected chi connectivity index (χ3v) is 4.17. The van der Waals surface area contributed by atoms with Crippen LogP contribution in [-0.2, 0) is 13.0 Å². The molecule has 134 valence electrons. The fourth-order valence-corrected chi connectivity index (χ4v) is 2.66. The van der Waals surface area contributed by atoms with E-state index in [4.69, 9.17) is 14.3 Å². The average Bonchev–Trinajstić information content (AvgIpc) is 3.17. The number of aliphatic hydroxyl groups excluding tert-OH is 1. The van der Waals surface area contributed by atoms with Crippen LogP contribution in [0.5, 0.6) is 5.75 Å². The highest BCUT2D eigenvalue weighted by Crippen LogP contribution is 2.32. The zero-order valence-electron chi connectivity index (χ0n) is 14.8. The summed E-state index contributed by atoms with van der Waals surface area (Å²) >= 11 is 0. The lowest BCUT2D eigenvalue weighted by Gasteiger charge is -2.12. The van der Waals surface area contributed by atoms with Gasteiger partial charge in [0.05, 0.1) is 12.8 Å². The normalized spacial score (nSPS) is 10.6. The van der Waals surface area contributed by atoms with Crippen molar-refractivity contribution in [3.8, 4) is 17.1 Å². The van der Waals surface area contributed by atoms with Crippen molar-refractivity contribution in [2.45, 2.75) is 20.0 Å². The largest absolute Gasteiger partial charge is 0.495 e. The summed E-state index contributed by atoms with van der Waals surface area (Å²) in [5.41, 5.74) is 3.09. The summed E-state index contributed by atoms with van der Waals surface area (Å²) in [6.45, 7) is 1.91. The van der Waals surface area contributed by atoms with Gasteiger partial charge in [-0.1, -0.05) is 19.1 Å². The third-order valence-electron chi connectivity index (χ3n) is 4.17. The number of rotatable bonds is 6. The first-order valence-electron chi connectivity index (χ1n) is 8.43. The van der Waals surface area contributed by atoms with Gasteiger partial charge in [-0.25, -0.2) is 0 Å². The van der Waals surface area contributed by atoms with Gasteiger partial charge in [0.15, 0.2) is 0 Å². The first-order valence-corrected chi connectivity index (χ1v) is 8.43. The molecule has 0 aliphatic rings. The molecule has 0 aliphatic carbocycles. The molecule has 0 saturated heterocycles. The van der Waals surface area contributed by atoms with Crippen LogP contribution in [0.4, 0.5) is 5.69 Å². The highest BCUT2D eigenvalue weighted by molar-refractivity contribution is 6.05. The van der Waals surface area contributed by atoms with E-state index in [9.17, 15) is 4.79 Å². The molecule has 0 spiro atoms. The Balaban J connectivity index is 1.87. The molecule has 0 fully saturated rings. The Hall–Kier alpha value is -3.05. The standard InChI is InChI=1S/C21H21NO4/c1-3-14-4-6-15(7-5-14)21(24)22-18-12-16(8-10-20(18)25-2)19-11-9-17(13-23)26-19/h4-12,23H,3,13H2,1-2H3,(H,22,24). The highest BCUT2D eigenvalue weighted by Gasteiger charge is 2.13. The molecule has 2 aromatic carbocycles. The number of aryl methyl sites for hydroxylation is 1. The maximum atomic E-state index is 12.6. The van der Waals surface area contributed by atoms with Crippen LogP contribution < -0.4 is 10.1 Å². The van der Waals surface area contributed by atoms with Crippen LogP contribution in [0.3, 0.4) is 0 Å². The highest BCUT2D eigenvalue weighted by atomic mass is 16.5. The van der Waals surface area contributed by atoms with E-state index in [1.807, 2.05) is 30.3 Å². The van der Waals surface area contributed by atoms with Crippen molar-refractivity contribution in [1.29, 1.82) is 0 Å². The van der Waals surface area contributed by atoms with E-state index in [0.29, 0.717) is 28.5 Å². The number of aliphatic hydroxyl groups is 1. The lowest BCUT2D eigenvalue weighted by atomic mass is 10.1. The molecule has 0 aliphatic heterocycles. The molecule has 0 atom stereocenters. The summed E-state index contributed by atoms with van der Waals surface area (Å²) in [6, 6.07) is 16.4. The zero-order chi connectivity index (χ0) is 18.5. The minimum absolute atomic E-state index is 0.159. The summed E-state index contributed by atoms with van der Waals surface area (Å²) < 4.78 is 10.9. The number of hydrogen-bond donors (Lipinski definition) is 2. The molecule has 5 heteroatoms. The number of methoxy groups -OCH3 is 1. The van der Waals surface area contributed by atoms with Crippen LogP contribution in [0.1, 0.15) is 28.6 Å². The Kier molecular flexibility index (Phi) is 5.39. The fraction of sp³-hybridized carbons (Fsp3) is 0.190. The van der Waals surface area contributed by atoms with Crippen molar-refractivity contribution in [1.82, 2.24) is 0 Å². The van der Waals surface area contributed by atoms with E-state index in [0.717, 1.165) is 12.0 Å². The number of hydrogen-bond acceptors (Lipinski definition) is 4. The van der Waals surface area contributed by atoms with Crippen LogP contribution in [0.2, 0.25) is 0 Å². The predicted molar refractivity (Wildman–Crippen MR) is 100 cm³/mol. The van der Waals surface area contributed by atoms with Crippen LogP contribution in [0.15, 0.2) is 59.0 Å². The monoisotopic (exact) mass is 351 g/mol. The van der Waals surface area contributed by atoms with Gasteiger partial charge >= 0.3 is 0 Å². The van der Waals surface area contributed by atoms with Gasteiger partial charge in [0.25, 0.3) is 5.91 Å². The Morgan fingerprint density at radius 1 is 1.12 bits per heavy atom. The third kappa shape index (κ3) is 3.78. The second kappa shape index (κ2) is 7.89. The van der Waals surface area contributed by atoms with Gasteiger partial charge in [0.1, 0.15) is 23.9 Å². The maximum absolute atomic E-state index is 12.6. The van der Waals surface area contributed by atoms with Crippen molar-refractivity contribution in [3.63, 3.8) is 0 Å². The van der Waals surface area contributed by atoms with Crippen LogP contribution in [-0.4, -0.2) is 18.1 Å². The molecule has 3 aromatic rings. The SMILES string of the molecule is CCc1ccc(C(=O)Nc2cc(-c3ccc(CO)o3)ccc2OC)cc1. The predicted octanol–water partition coefficient (Wildman–Crippen LogP) is 4.26. The number of carbonyl (C=O) groups excluding carboxylic acids is 1. The summed E-state index contributed by atoms with van der Waals surface area (Å²) in [5, 5.41) is 12.0. The van der Waals surface area contributed by atoms with Gasteiger partial charge in [-0.3, -0.25) is 4.79 Å². The Morgan fingerprint density at radius 3 is 2.50 bits per heavy atom. The van der Waals surface area contributed by atoms with Crippen LogP contribution >= 0.6 is 0 Å². The average molecular weight is 351 g/mol. The molecule has 1 aromatic heterocycles. The molecule has 1 amide bonds. The molecule has 0 saturated carbocycles. The quantitative estimate of drug-likeness (QED) is 0.696. The summed E-state index contributed by atoms with van der Waals surface area (Å²) in [7, 11) is 1.55. The molecule has 0 unspecified atom stereocenters. The first kappa shape index (κ1) is 17.8. The zero-order valence-corrected chi connectivity index (χ0v) is 14.8. The number of carbonyl (C=O) groups is 1. The molecule has 3 rings (SSSR count). The van der Waals surface area contributed by atoms with Crippen molar-refractivity contribution >= 4 is 11.6 Å². The Bertz CT molecular complexity index is 897. The van der Waals surface area contributed by atoms with Crippen molar-refractivity contribution in [2.75, 3.05) is 12.4 Å². The molecule has 0 bridgehead atoms. The Morgan fingerprint density at radius 2 is 1.88 bits per heavy atom. The van der Waals surface area contributed by atoms with Crippen molar-refractivity contribution in [3.05, 3.63) is 71.5 Å². The number of furan rings is 1. The molecule has 0 radical (unpaired) electrons. The van der Waals surface area contributed by atoms with E-state index in [1.54, 1.807) is 31.4 Å². The minimum atomic E-state index is -0.210. The smallest absolute Gasteiger partial charge is 0.255 e. The van der Waals surface area contributed by atoms with Gasteiger partial charge in [-0.2, -0.15) is 0 Å². The van der Waals surface area contributed by atoms with Gasteiger partial charge in [-0.05, 0) is 54.4 Å². The van der Waals surface area contributed by atoms with E-state index in [-0.39, 0.29) is 12.5 Å².